The van der Waals surface area contributed by atoms with Crippen molar-refractivity contribution in [2.75, 3.05) is 18.8 Å². The first-order valence-corrected chi connectivity index (χ1v) is 9.81. The number of hydroxylamine groups is 2. The summed E-state index contributed by atoms with van der Waals surface area (Å²) in [6.07, 6.45) is 3.13. The van der Waals surface area contributed by atoms with E-state index in [0.717, 1.165) is 12.8 Å². The van der Waals surface area contributed by atoms with E-state index >= 15 is 0 Å². The minimum Gasteiger partial charge on any atom is -0.323 e. The molecule has 3 fully saturated rings. The van der Waals surface area contributed by atoms with Crippen molar-refractivity contribution < 1.29 is 9.63 Å². The number of carbonyl (C=O) groups excluding carboxylic acids is 1. The molecular weight excluding hydrogens is 335 g/mol. The van der Waals surface area contributed by atoms with Crippen molar-refractivity contribution >= 4 is 29.1 Å². The number of nitrogens with zero attached hydrogens (tertiary/aromatic N) is 2. The Bertz CT molecular complexity index is 476. The van der Waals surface area contributed by atoms with Crippen molar-refractivity contribution in [2.24, 2.45) is 23.7 Å². The molecule has 0 radical (unpaired) electrons. The van der Waals surface area contributed by atoms with Crippen LogP contribution in [-0.2, 0) is 9.63 Å². The minimum absolute atomic E-state index is 0.0338. The Balaban J connectivity index is 2.05. The molecule has 0 bridgehead atoms. The van der Waals surface area contributed by atoms with Crippen LogP contribution < -0.4 is 0 Å². The molecule has 132 valence electrons. The van der Waals surface area contributed by atoms with E-state index in [0.29, 0.717) is 29.5 Å². The highest BCUT2D eigenvalue weighted by atomic mass is 35.5. The second-order valence-corrected chi connectivity index (χ2v) is 8.52. The smallest absolute Gasteiger partial charge is 0.244 e. The molecule has 2 saturated heterocycles. The number of rotatable bonds is 3. The Hall–Kier alpha value is -0.0300. The van der Waals surface area contributed by atoms with Crippen molar-refractivity contribution in [3.63, 3.8) is 0 Å². The number of hydrogen-bond acceptors (Lipinski definition) is 3. The monoisotopic (exact) mass is 362 g/mol. The summed E-state index contributed by atoms with van der Waals surface area (Å²) >= 11 is 12.3. The highest BCUT2D eigenvalue weighted by Crippen LogP contribution is 2.54. The Kier molecular flexibility index (Phi) is 4.92. The maximum Gasteiger partial charge on any atom is 0.244 e. The molecule has 4 nitrogen and oxygen atoms in total. The summed E-state index contributed by atoms with van der Waals surface area (Å²) in [5.41, 5.74) is -0.349. The van der Waals surface area contributed by atoms with Gasteiger partial charge in [0.25, 0.3) is 0 Å². The number of hydrogen-bond donors (Lipinski definition) is 0. The molecule has 1 amide bonds. The van der Waals surface area contributed by atoms with Gasteiger partial charge in [0.1, 0.15) is 11.7 Å². The normalized spacial score (nSPS) is 44.6. The molecule has 2 aliphatic heterocycles. The number of likely N-dealkylation sites (N-methyl/N-ethyl adjacent to an activating group) is 1. The molecule has 6 atom stereocenters. The SMILES string of the molecule is CC(C)[C@@H]1CC[C@@H](C)C[C@@]12N(C)C(=O)[C@@H]1[C@@H](CCl)[C@@H](CCl)ON12. The summed E-state index contributed by atoms with van der Waals surface area (Å²) in [6, 6.07) is -0.284. The van der Waals surface area contributed by atoms with Crippen LogP contribution in [0.1, 0.15) is 40.0 Å². The third-order valence-corrected chi connectivity index (χ3v) is 6.94. The fraction of sp³-hybridized carbons (Fsp3) is 0.941. The van der Waals surface area contributed by atoms with Crippen molar-refractivity contribution in [1.82, 2.24) is 9.96 Å². The maximum atomic E-state index is 13.1. The standard InChI is InChI=1S/C17H28Cl2N2O2/c1-10(2)13-6-5-11(3)7-17(13)20(4)16(22)15-12(8-18)14(9-19)23-21(15)17/h10-15H,5-9H2,1-4H3/t11-,12+,13+,14-,15+,17+/m1/s1. The first kappa shape index (κ1) is 17.8. The van der Waals surface area contributed by atoms with Crippen LogP contribution in [0.4, 0.5) is 0 Å². The molecule has 0 N–H and O–H groups in total. The van der Waals surface area contributed by atoms with Gasteiger partial charge in [0.15, 0.2) is 0 Å². The van der Waals surface area contributed by atoms with E-state index in [-0.39, 0.29) is 29.6 Å². The van der Waals surface area contributed by atoms with Crippen LogP contribution in [0.3, 0.4) is 0 Å². The molecule has 0 unspecified atom stereocenters. The minimum atomic E-state index is -0.349. The van der Waals surface area contributed by atoms with Gasteiger partial charge in [-0.1, -0.05) is 27.2 Å². The second kappa shape index (κ2) is 6.36. The van der Waals surface area contributed by atoms with Gasteiger partial charge in [-0.05, 0) is 24.7 Å². The van der Waals surface area contributed by atoms with Gasteiger partial charge in [-0.25, -0.2) is 0 Å². The zero-order valence-electron chi connectivity index (χ0n) is 14.5. The van der Waals surface area contributed by atoms with Gasteiger partial charge in [-0.2, -0.15) is 0 Å². The first-order chi connectivity index (χ1) is 10.9. The quantitative estimate of drug-likeness (QED) is 0.721. The largest absolute Gasteiger partial charge is 0.323 e. The lowest BCUT2D eigenvalue weighted by Crippen LogP contribution is -2.61. The Morgan fingerprint density at radius 2 is 2.00 bits per heavy atom. The Morgan fingerprint density at radius 1 is 1.30 bits per heavy atom. The number of alkyl halides is 2. The van der Waals surface area contributed by atoms with E-state index in [4.69, 9.17) is 28.0 Å². The lowest BCUT2D eigenvalue weighted by Gasteiger charge is -2.52. The highest BCUT2D eigenvalue weighted by Gasteiger charge is 2.67. The first-order valence-electron chi connectivity index (χ1n) is 8.74. The van der Waals surface area contributed by atoms with E-state index in [1.165, 1.54) is 6.42 Å². The fourth-order valence-corrected chi connectivity index (χ4v) is 5.77. The van der Waals surface area contributed by atoms with E-state index in [2.05, 4.69) is 20.8 Å². The Morgan fingerprint density at radius 3 is 2.57 bits per heavy atom. The summed E-state index contributed by atoms with van der Waals surface area (Å²) < 4.78 is 0. The molecule has 3 aliphatic rings. The number of halogens is 2. The zero-order valence-corrected chi connectivity index (χ0v) is 16.0. The van der Waals surface area contributed by atoms with E-state index in [1.807, 2.05) is 17.0 Å². The van der Waals surface area contributed by atoms with Crippen molar-refractivity contribution in [1.29, 1.82) is 0 Å². The molecule has 0 aromatic carbocycles. The van der Waals surface area contributed by atoms with Gasteiger partial charge in [-0.3, -0.25) is 9.63 Å². The second-order valence-electron chi connectivity index (χ2n) is 7.90. The van der Waals surface area contributed by atoms with Gasteiger partial charge >= 0.3 is 0 Å². The third kappa shape index (κ3) is 2.44. The molecule has 23 heavy (non-hydrogen) atoms. The van der Waals surface area contributed by atoms with Crippen molar-refractivity contribution in [3.05, 3.63) is 0 Å². The van der Waals surface area contributed by atoms with E-state index in [1.54, 1.807) is 0 Å². The fourth-order valence-electron chi connectivity index (χ4n) is 5.11. The van der Waals surface area contributed by atoms with Gasteiger partial charge < -0.3 is 4.90 Å². The van der Waals surface area contributed by atoms with Crippen LogP contribution in [0.2, 0.25) is 0 Å². The van der Waals surface area contributed by atoms with E-state index < -0.39 is 0 Å². The average molecular weight is 363 g/mol. The summed E-state index contributed by atoms with van der Waals surface area (Å²) in [5, 5.41) is 2.01. The summed E-state index contributed by atoms with van der Waals surface area (Å²) in [7, 11) is 1.94. The summed E-state index contributed by atoms with van der Waals surface area (Å²) in [5.74, 6) is 2.35. The van der Waals surface area contributed by atoms with Gasteiger partial charge in [0.2, 0.25) is 5.91 Å². The average Bonchev–Trinajstić information content (AvgIpc) is 2.98. The van der Waals surface area contributed by atoms with Crippen LogP contribution >= 0.6 is 23.2 Å². The van der Waals surface area contributed by atoms with Crippen molar-refractivity contribution in [3.8, 4) is 0 Å². The van der Waals surface area contributed by atoms with E-state index in [9.17, 15) is 4.79 Å². The topological polar surface area (TPSA) is 32.8 Å². The predicted octanol–water partition coefficient (Wildman–Crippen LogP) is 3.33. The summed E-state index contributed by atoms with van der Waals surface area (Å²) in [4.78, 5) is 21.3. The lowest BCUT2D eigenvalue weighted by atomic mass is 9.69. The molecule has 1 aliphatic carbocycles. The van der Waals surface area contributed by atoms with Crippen LogP contribution in [0.25, 0.3) is 0 Å². The molecule has 3 rings (SSSR count). The molecule has 6 heteroatoms. The molecule has 2 heterocycles. The predicted molar refractivity (Wildman–Crippen MR) is 92.3 cm³/mol. The molecule has 1 saturated carbocycles. The Labute approximate surface area is 149 Å². The van der Waals surface area contributed by atoms with Gasteiger partial charge in [0, 0.05) is 24.8 Å². The third-order valence-electron chi connectivity index (χ3n) is 6.28. The van der Waals surface area contributed by atoms with Gasteiger partial charge in [-0.15, -0.1) is 28.3 Å². The van der Waals surface area contributed by atoms with Crippen molar-refractivity contribution in [2.45, 2.75) is 57.8 Å². The molecular formula is C17H28Cl2N2O2. The number of carbonyl (C=O) groups is 1. The number of amides is 1. The lowest BCUT2D eigenvalue weighted by molar-refractivity contribution is -0.261. The van der Waals surface area contributed by atoms with Crippen LogP contribution in [0.15, 0.2) is 0 Å². The summed E-state index contributed by atoms with van der Waals surface area (Å²) in [6.45, 7) is 6.78. The van der Waals surface area contributed by atoms with Crippen LogP contribution in [0.5, 0.6) is 0 Å². The molecule has 0 aromatic heterocycles. The molecule has 0 aromatic rings. The number of fused-ring (bicyclic) bond motifs is 2. The highest BCUT2D eigenvalue weighted by molar-refractivity contribution is 6.19. The van der Waals surface area contributed by atoms with Gasteiger partial charge in [0.05, 0.1) is 12.0 Å². The van der Waals surface area contributed by atoms with Crippen LogP contribution in [0, 0.1) is 23.7 Å². The maximum absolute atomic E-state index is 13.1. The van der Waals surface area contributed by atoms with Crippen LogP contribution in [-0.4, -0.2) is 52.5 Å². The zero-order chi connectivity index (χ0) is 16.9. The molecule has 1 spiro atoms.